The van der Waals surface area contributed by atoms with Gasteiger partial charge in [-0.15, -0.1) is 0 Å². The summed E-state index contributed by atoms with van der Waals surface area (Å²) >= 11 is 0. The van der Waals surface area contributed by atoms with E-state index in [4.69, 9.17) is 9.15 Å². The van der Waals surface area contributed by atoms with Crippen molar-refractivity contribution in [2.45, 2.75) is 20.0 Å². The van der Waals surface area contributed by atoms with Crippen molar-refractivity contribution in [3.8, 4) is 0 Å². The molecule has 1 amide bonds. The second-order valence-corrected chi connectivity index (χ2v) is 5.83. The van der Waals surface area contributed by atoms with Crippen LogP contribution in [0.2, 0.25) is 0 Å². The Morgan fingerprint density at radius 3 is 2.69 bits per heavy atom. The van der Waals surface area contributed by atoms with Crippen LogP contribution in [0.5, 0.6) is 0 Å². The minimum atomic E-state index is -0.971. The zero-order chi connectivity index (χ0) is 18.7. The topological polar surface area (TPSA) is 101 Å². The molecule has 2 heterocycles. The van der Waals surface area contributed by atoms with Crippen LogP contribution in [0.3, 0.4) is 0 Å². The van der Waals surface area contributed by atoms with Crippen molar-refractivity contribution in [3.63, 3.8) is 0 Å². The summed E-state index contributed by atoms with van der Waals surface area (Å²) in [6.45, 7) is 2.95. The molecule has 0 aliphatic rings. The Labute approximate surface area is 149 Å². The molecule has 0 saturated heterocycles. The molecule has 0 radical (unpaired) electrons. The quantitative estimate of drug-likeness (QED) is 0.523. The molecular weight excluding hydrogens is 336 g/mol. The summed E-state index contributed by atoms with van der Waals surface area (Å²) in [5, 5.41) is 3.16. The molecule has 0 aliphatic carbocycles. The number of aromatic amines is 1. The van der Waals surface area contributed by atoms with E-state index in [9.17, 15) is 14.4 Å². The summed E-state index contributed by atoms with van der Waals surface area (Å²) in [6, 6.07) is 10.5. The highest BCUT2D eigenvalue weighted by Gasteiger charge is 2.24. The fourth-order valence-electron chi connectivity index (χ4n) is 2.74. The number of hydrogen-bond acceptors (Lipinski definition) is 5. The van der Waals surface area contributed by atoms with Gasteiger partial charge in [-0.2, -0.15) is 0 Å². The molecule has 134 valence electrons. The molecule has 0 fully saturated rings. The Bertz CT molecular complexity index is 956. The first-order valence-electron chi connectivity index (χ1n) is 8.10. The van der Waals surface area contributed by atoms with Crippen molar-refractivity contribution < 1.29 is 23.5 Å². The summed E-state index contributed by atoms with van der Waals surface area (Å²) in [4.78, 5) is 39.5. The molecule has 1 atom stereocenters. The van der Waals surface area contributed by atoms with Crippen molar-refractivity contribution in [1.29, 1.82) is 0 Å². The normalized spacial score (nSPS) is 11.9. The zero-order valence-corrected chi connectivity index (χ0v) is 14.4. The van der Waals surface area contributed by atoms with E-state index in [1.165, 1.54) is 19.3 Å². The van der Waals surface area contributed by atoms with Crippen LogP contribution in [0.15, 0.2) is 47.1 Å². The number of nitrogens with one attached hydrogen (secondary N) is 2. The summed E-state index contributed by atoms with van der Waals surface area (Å²) < 4.78 is 10.1. The number of aromatic nitrogens is 1. The van der Waals surface area contributed by atoms with E-state index in [1.807, 2.05) is 24.3 Å². The number of aryl methyl sites for hydroxylation is 1. The number of carbonyl (C=O) groups excluding carboxylic acids is 3. The van der Waals surface area contributed by atoms with Gasteiger partial charge in [0.1, 0.15) is 6.54 Å². The Kier molecular flexibility index (Phi) is 4.88. The number of carbonyl (C=O) groups is 3. The summed E-state index contributed by atoms with van der Waals surface area (Å²) in [5.74, 6) is -1.44. The third-order valence-electron chi connectivity index (χ3n) is 3.96. The van der Waals surface area contributed by atoms with Crippen LogP contribution in [-0.4, -0.2) is 35.3 Å². The third kappa shape index (κ3) is 3.51. The number of ether oxygens (including phenoxy) is 1. The lowest BCUT2D eigenvalue weighted by atomic mass is 10.0. The minimum absolute atomic E-state index is 0.0938. The monoisotopic (exact) mass is 354 g/mol. The molecule has 0 unspecified atom stereocenters. The van der Waals surface area contributed by atoms with Gasteiger partial charge in [0.15, 0.2) is 11.9 Å². The van der Waals surface area contributed by atoms with Gasteiger partial charge in [0.05, 0.1) is 6.26 Å². The van der Waals surface area contributed by atoms with Gasteiger partial charge in [-0.3, -0.25) is 14.4 Å². The number of para-hydroxylation sites is 1. The average molecular weight is 354 g/mol. The van der Waals surface area contributed by atoms with Gasteiger partial charge in [0, 0.05) is 22.2 Å². The van der Waals surface area contributed by atoms with Crippen molar-refractivity contribution >= 4 is 28.6 Å². The molecule has 2 aromatic heterocycles. The number of fused-ring (bicyclic) bond motifs is 1. The summed E-state index contributed by atoms with van der Waals surface area (Å²) in [7, 11) is 0. The fourth-order valence-corrected chi connectivity index (χ4v) is 2.74. The minimum Gasteiger partial charge on any atom is -0.459 e. The molecule has 3 aromatic rings. The van der Waals surface area contributed by atoms with Gasteiger partial charge >= 0.3 is 5.97 Å². The van der Waals surface area contributed by atoms with Crippen molar-refractivity contribution in [3.05, 3.63) is 59.7 Å². The number of H-pyrrole nitrogens is 1. The van der Waals surface area contributed by atoms with E-state index in [-0.39, 0.29) is 18.1 Å². The van der Waals surface area contributed by atoms with E-state index >= 15 is 0 Å². The first-order valence-corrected chi connectivity index (χ1v) is 8.10. The number of amides is 1. The molecule has 1 aromatic carbocycles. The molecule has 0 bridgehead atoms. The fraction of sp³-hybridized carbons (Fsp3) is 0.211. The molecule has 26 heavy (non-hydrogen) atoms. The van der Waals surface area contributed by atoms with E-state index in [0.29, 0.717) is 11.3 Å². The van der Waals surface area contributed by atoms with Crippen LogP contribution in [-0.2, 0) is 9.53 Å². The maximum Gasteiger partial charge on any atom is 0.326 e. The third-order valence-corrected chi connectivity index (χ3v) is 3.96. The van der Waals surface area contributed by atoms with Crippen molar-refractivity contribution in [2.75, 3.05) is 6.54 Å². The lowest BCUT2D eigenvalue weighted by Gasteiger charge is -2.13. The maximum absolute atomic E-state index is 12.7. The molecule has 0 aliphatic heterocycles. The van der Waals surface area contributed by atoms with Gasteiger partial charge in [0.25, 0.3) is 5.91 Å². The SMILES string of the molecule is Cc1[nH]c2ccccc2c1C(=O)[C@@H](C)OC(=O)CNC(=O)c1ccco1. The van der Waals surface area contributed by atoms with Gasteiger partial charge in [-0.05, 0) is 32.0 Å². The highest BCUT2D eigenvalue weighted by molar-refractivity contribution is 6.11. The molecule has 2 N–H and O–H groups in total. The molecular formula is C19H18N2O5. The molecule has 7 heteroatoms. The molecule has 0 saturated carbocycles. The van der Waals surface area contributed by atoms with Crippen LogP contribution in [0.1, 0.15) is 33.5 Å². The van der Waals surface area contributed by atoms with Gasteiger partial charge in [0.2, 0.25) is 5.78 Å². The summed E-state index contributed by atoms with van der Waals surface area (Å²) in [6.07, 6.45) is 0.387. The lowest BCUT2D eigenvalue weighted by molar-refractivity contribution is -0.145. The highest BCUT2D eigenvalue weighted by atomic mass is 16.5. The number of ketones is 1. The summed E-state index contributed by atoms with van der Waals surface area (Å²) in [5.41, 5.74) is 2.06. The number of furan rings is 1. The number of benzene rings is 1. The molecule has 7 nitrogen and oxygen atoms in total. The lowest BCUT2D eigenvalue weighted by Crippen LogP contribution is -2.34. The Hall–Kier alpha value is -3.35. The number of Topliss-reactive ketones (excluding diaryl/α,β-unsaturated/α-hetero) is 1. The molecule has 3 rings (SSSR count). The number of hydrogen-bond donors (Lipinski definition) is 2. The van der Waals surface area contributed by atoms with Crippen LogP contribution < -0.4 is 5.32 Å². The van der Waals surface area contributed by atoms with Crippen LogP contribution >= 0.6 is 0 Å². The second kappa shape index (κ2) is 7.26. The second-order valence-electron chi connectivity index (χ2n) is 5.83. The number of rotatable bonds is 6. The first-order chi connectivity index (χ1) is 12.5. The van der Waals surface area contributed by atoms with Gasteiger partial charge in [-0.25, -0.2) is 0 Å². The van der Waals surface area contributed by atoms with Crippen LogP contribution in [0, 0.1) is 6.92 Å². The Morgan fingerprint density at radius 2 is 1.96 bits per heavy atom. The predicted molar refractivity (Wildman–Crippen MR) is 94.0 cm³/mol. The van der Waals surface area contributed by atoms with E-state index in [2.05, 4.69) is 10.3 Å². The van der Waals surface area contributed by atoms with E-state index in [0.717, 1.165) is 10.9 Å². The van der Waals surface area contributed by atoms with E-state index in [1.54, 1.807) is 13.0 Å². The maximum atomic E-state index is 12.7. The van der Waals surface area contributed by atoms with Crippen LogP contribution in [0.25, 0.3) is 10.9 Å². The standard InChI is InChI=1S/C19H18N2O5/c1-11-17(13-6-3-4-7-14(13)21-11)18(23)12(2)26-16(22)10-20-19(24)15-8-5-9-25-15/h3-9,12,21H,10H2,1-2H3,(H,20,24)/t12-/m1/s1. The van der Waals surface area contributed by atoms with Crippen molar-refractivity contribution in [1.82, 2.24) is 10.3 Å². The Morgan fingerprint density at radius 1 is 1.19 bits per heavy atom. The molecule has 0 spiro atoms. The highest BCUT2D eigenvalue weighted by Crippen LogP contribution is 2.23. The smallest absolute Gasteiger partial charge is 0.326 e. The zero-order valence-electron chi connectivity index (χ0n) is 14.4. The predicted octanol–water partition coefficient (Wildman–Crippen LogP) is 2.61. The average Bonchev–Trinajstić information content (AvgIpc) is 3.26. The Balaban J connectivity index is 1.62. The van der Waals surface area contributed by atoms with Gasteiger partial charge < -0.3 is 19.5 Å². The largest absolute Gasteiger partial charge is 0.459 e. The number of esters is 1. The van der Waals surface area contributed by atoms with Gasteiger partial charge in [-0.1, -0.05) is 18.2 Å². The first kappa shape index (κ1) is 17.5. The van der Waals surface area contributed by atoms with Crippen molar-refractivity contribution in [2.24, 2.45) is 0 Å². The van der Waals surface area contributed by atoms with E-state index < -0.39 is 18.0 Å². The van der Waals surface area contributed by atoms with Crippen LogP contribution in [0.4, 0.5) is 0 Å².